The Balaban J connectivity index is 1.42. The Hall–Kier alpha value is -2.90. The molecule has 3 aromatic rings. The highest BCUT2D eigenvalue weighted by atomic mass is 32.1. The number of fused-ring (bicyclic) bond motifs is 4. The minimum Gasteiger partial charge on any atom is -0.347 e. The molecule has 2 aromatic carbocycles. The van der Waals surface area contributed by atoms with Crippen LogP contribution in [-0.2, 0) is 6.54 Å². The zero-order chi connectivity index (χ0) is 22.1. The van der Waals surface area contributed by atoms with Crippen molar-refractivity contribution in [2.24, 2.45) is 5.92 Å². The first-order valence-corrected chi connectivity index (χ1v) is 12.0. The monoisotopic (exact) mass is 448 g/mol. The molecule has 1 atom stereocenters. The molecule has 0 aliphatic carbocycles. The number of piperidine rings is 3. The van der Waals surface area contributed by atoms with Crippen LogP contribution in [0, 0.1) is 5.92 Å². The van der Waals surface area contributed by atoms with Gasteiger partial charge in [0.15, 0.2) is 0 Å². The Morgan fingerprint density at radius 1 is 1.06 bits per heavy atom. The van der Waals surface area contributed by atoms with Crippen LogP contribution in [0.25, 0.3) is 21.2 Å². The van der Waals surface area contributed by atoms with E-state index in [2.05, 4.69) is 39.0 Å². The van der Waals surface area contributed by atoms with Gasteiger partial charge in [-0.2, -0.15) is 0 Å². The molecule has 6 rings (SSSR count). The van der Waals surface area contributed by atoms with Crippen LogP contribution in [0.1, 0.15) is 28.1 Å². The van der Waals surface area contributed by atoms with Gasteiger partial charge in [-0.25, -0.2) is 4.79 Å². The first-order valence-electron chi connectivity index (χ1n) is 11.2. The maximum Gasteiger partial charge on any atom is 0.314 e. The van der Waals surface area contributed by atoms with Gasteiger partial charge in [-0.05, 0) is 60.0 Å². The lowest BCUT2D eigenvalue weighted by molar-refractivity contribution is 0.0622. The molecule has 3 aliphatic heterocycles. The summed E-state index contributed by atoms with van der Waals surface area (Å²) in [5.74, 6) is 0.638. The number of urea groups is 1. The molecule has 6 nitrogen and oxygen atoms in total. The Morgan fingerprint density at radius 2 is 1.84 bits per heavy atom. The van der Waals surface area contributed by atoms with E-state index in [0.717, 1.165) is 51.3 Å². The molecular weight excluding hydrogens is 420 g/mol. The average molecular weight is 449 g/mol. The van der Waals surface area contributed by atoms with Gasteiger partial charge in [0.1, 0.15) is 0 Å². The van der Waals surface area contributed by atoms with E-state index in [0.29, 0.717) is 12.5 Å². The van der Waals surface area contributed by atoms with E-state index in [9.17, 15) is 9.59 Å². The number of nitrogens with zero attached hydrogens (tertiary/aromatic N) is 1. The molecule has 3 fully saturated rings. The van der Waals surface area contributed by atoms with E-state index in [1.54, 1.807) is 18.4 Å². The zero-order valence-electron chi connectivity index (χ0n) is 18.2. The summed E-state index contributed by atoms with van der Waals surface area (Å²) in [4.78, 5) is 28.0. The lowest BCUT2D eigenvalue weighted by atomic mass is 9.84. The van der Waals surface area contributed by atoms with Crippen LogP contribution < -0.4 is 16.0 Å². The number of thiophene rings is 1. The number of amides is 3. The Kier molecular flexibility index (Phi) is 5.85. The molecular formula is C25H28N4O2S. The largest absolute Gasteiger partial charge is 0.347 e. The number of rotatable bonds is 5. The van der Waals surface area contributed by atoms with E-state index in [-0.39, 0.29) is 18.0 Å². The highest BCUT2D eigenvalue weighted by Gasteiger charge is 2.35. The van der Waals surface area contributed by atoms with Crippen molar-refractivity contribution in [2.45, 2.75) is 25.4 Å². The molecule has 3 aliphatic rings. The second kappa shape index (κ2) is 8.92. The summed E-state index contributed by atoms with van der Waals surface area (Å²) in [6.07, 6.45) is 2.37. The third-order valence-electron chi connectivity index (χ3n) is 6.71. The summed E-state index contributed by atoms with van der Waals surface area (Å²) in [5.41, 5.74) is 3.19. The maximum atomic E-state index is 13.1. The summed E-state index contributed by atoms with van der Waals surface area (Å²) in [5, 5.41) is 9.84. The standard InChI is InChI=1S/C25H28N4O2S/c1-26-25(31)27-14-18-5-2-3-7-19(18)20-8-4-6-17-13-22(32-23(17)20)24(30)28-21-15-29-11-9-16(21)10-12-29/h2-8,13,16,21H,9-12,14-15H2,1H3,(H,28,30)(H2,26,27,31)/t21-/m0/s1. The molecule has 2 bridgehead atoms. The van der Waals surface area contributed by atoms with Crippen molar-refractivity contribution in [3.63, 3.8) is 0 Å². The predicted octanol–water partition coefficient (Wildman–Crippen LogP) is 3.82. The molecule has 7 heteroatoms. The Morgan fingerprint density at radius 3 is 2.59 bits per heavy atom. The van der Waals surface area contributed by atoms with Gasteiger partial charge in [0, 0.05) is 30.9 Å². The van der Waals surface area contributed by atoms with Crippen LogP contribution in [-0.4, -0.2) is 49.6 Å². The zero-order valence-corrected chi connectivity index (χ0v) is 19.0. The van der Waals surface area contributed by atoms with Crippen molar-refractivity contribution in [1.82, 2.24) is 20.9 Å². The number of nitrogens with one attached hydrogen (secondary N) is 3. The quantitative estimate of drug-likeness (QED) is 0.556. The van der Waals surface area contributed by atoms with E-state index >= 15 is 0 Å². The van der Waals surface area contributed by atoms with Crippen LogP contribution in [0.15, 0.2) is 48.5 Å². The minimum absolute atomic E-state index is 0.0328. The molecule has 0 radical (unpaired) electrons. The lowest BCUT2D eigenvalue weighted by Crippen LogP contribution is -2.57. The van der Waals surface area contributed by atoms with Gasteiger partial charge in [0.05, 0.1) is 4.88 Å². The molecule has 4 heterocycles. The third kappa shape index (κ3) is 4.10. The van der Waals surface area contributed by atoms with Gasteiger partial charge in [-0.1, -0.05) is 42.5 Å². The molecule has 0 unspecified atom stereocenters. The van der Waals surface area contributed by atoms with E-state index in [1.807, 2.05) is 30.3 Å². The minimum atomic E-state index is -0.208. The van der Waals surface area contributed by atoms with Crippen LogP contribution >= 0.6 is 11.3 Å². The number of carbonyl (C=O) groups is 2. The predicted molar refractivity (Wildman–Crippen MR) is 129 cm³/mol. The van der Waals surface area contributed by atoms with Crippen molar-refractivity contribution >= 4 is 33.4 Å². The second-order valence-electron chi connectivity index (χ2n) is 8.64. The third-order valence-corrected chi connectivity index (χ3v) is 7.90. The van der Waals surface area contributed by atoms with Gasteiger partial charge in [0.2, 0.25) is 0 Å². The van der Waals surface area contributed by atoms with Gasteiger partial charge < -0.3 is 20.9 Å². The van der Waals surface area contributed by atoms with Crippen molar-refractivity contribution in [1.29, 1.82) is 0 Å². The molecule has 32 heavy (non-hydrogen) atoms. The SMILES string of the molecule is CNC(=O)NCc1ccccc1-c1cccc2cc(C(=O)N[C@H]3CN4CCC3CC4)sc12. The van der Waals surface area contributed by atoms with Crippen LogP contribution in [0.5, 0.6) is 0 Å². The van der Waals surface area contributed by atoms with E-state index in [4.69, 9.17) is 0 Å². The fraction of sp³-hybridized carbons (Fsp3) is 0.360. The molecule has 3 N–H and O–H groups in total. The number of hydrogen-bond acceptors (Lipinski definition) is 4. The topological polar surface area (TPSA) is 73.5 Å². The van der Waals surface area contributed by atoms with Gasteiger partial charge in [-0.3, -0.25) is 4.79 Å². The molecule has 1 aromatic heterocycles. The highest BCUT2D eigenvalue weighted by Crippen LogP contribution is 2.37. The molecule has 0 spiro atoms. The normalized spacial score (nSPS) is 22.0. The van der Waals surface area contributed by atoms with Crippen molar-refractivity contribution < 1.29 is 9.59 Å². The second-order valence-corrected chi connectivity index (χ2v) is 9.69. The maximum absolute atomic E-state index is 13.1. The van der Waals surface area contributed by atoms with Crippen molar-refractivity contribution in [2.75, 3.05) is 26.7 Å². The number of hydrogen-bond donors (Lipinski definition) is 3. The van der Waals surface area contributed by atoms with Crippen LogP contribution in [0.3, 0.4) is 0 Å². The molecule has 0 saturated carbocycles. The first-order chi connectivity index (χ1) is 15.6. The summed E-state index contributed by atoms with van der Waals surface area (Å²) >= 11 is 1.55. The lowest BCUT2D eigenvalue weighted by Gasteiger charge is -2.44. The molecule has 3 amide bonds. The van der Waals surface area contributed by atoms with Gasteiger partial charge in [-0.15, -0.1) is 11.3 Å². The fourth-order valence-corrected chi connectivity index (χ4v) is 6.05. The van der Waals surface area contributed by atoms with E-state index < -0.39 is 0 Å². The highest BCUT2D eigenvalue weighted by molar-refractivity contribution is 7.21. The Bertz CT molecular complexity index is 1150. The molecule has 166 valence electrons. The van der Waals surface area contributed by atoms with E-state index in [1.165, 1.54) is 12.8 Å². The van der Waals surface area contributed by atoms with Crippen LogP contribution in [0.4, 0.5) is 4.79 Å². The average Bonchev–Trinajstić information content (AvgIpc) is 3.28. The summed E-state index contributed by atoms with van der Waals surface area (Å²) in [7, 11) is 1.61. The van der Waals surface area contributed by atoms with Gasteiger partial charge >= 0.3 is 6.03 Å². The first kappa shape index (κ1) is 21.0. The summed E-state index contributed by atoms with van der Waals surface area (Å²) in [6, 6.07) is 16.3. The smallest absolute Gasteiger partial charge is 0.314 e. The summed E-state index contributed by atoms with van der Waals surface area (Å²) < 4.78 is 1.10. The van der Waals surface area contributed by atoms with Crippen LogP contribution in [0.2, 0.25) is 0 Å². The Labute approximate surface area is 192 Å². The van der Waals surface area contributed by atoms with Crippen molar-refractivity contribution in [3.05, 3.63) is 59.0 Å². The molecule has 3 saturated heterocycles. The number of benzene rings is 2. The van der Waals surface area contributed by atoms with Gasteiger partial charge in [0.25, 0.3) is 5.91 Å². The van der Waals surface area contributed by atoms with Crippen molar-refractivity contribution in [3.8, 4) is 11.1 Å². The fourth-order valence-electron chi connectivity index (χ4n) is 4.96. The number of carbonyl (C=O) groups excluding carboxylic acids is 2. The summed E-state index contributed by atoms with van der Waals surface area (Å²) in [6.45, 7) is 3.73.